The SMILES string of the molecule is Cc1noc(C)c1-c1ccc(CCc2ccc(-c3c(C)noc3C)cc2S(=O)(=O)NCCCc2cccc(B(O)O)c2)c(S(=O)(=O)NCCCc2ccc(B(O)O)cc2)c1. The number of aromatic nitrogens is 2. The summed E-state index contributed by atoms with van der Waals surface area (Å²) < 4.78 is 72.7. The second-order valence-electron chi connectivity index (χ2n) is 14.8. The largest absolute Gasteiger partial charge is 0.488 e. The molecule has 0 aliphatic heterocycles. The minimum Gasteiger partial charge on any atom is -0.423 e. The van der Waals surface area contributed by atoms with Crippen LogP contribution >= 0.6 is 0 Å². The summed E-state index contributed by atoms with van der Waals surface area (Å²) in [7, 11) is -11.4. The third kappa shape index (κ3) is 10.7. The lowest BCUT2D eigenvalue weighted by Gasteiger charge is -2.16. The van der Waals surface area contributed by atoms with E-state index in [1.54, 1.807) is 94.4 Å². The number of benzene rings is 4. The Kier molecular flexibility index (Phi) is 14.3. The molecule has 0 atom stereocenters. The quantitative estimate of drug-likeness (QED) is 0.0511. The maximum atomic E-state index is 14.1. The summed E-state index contributed by atoms with van der Waals surface area (Å²) in [5, 5.41) is 46.0. The van der Waals surface area contributed by atoms with Crippen LogP contribution in [0.3, 0.4) is 0 Å². The van der Waals surface area contributed by atoms with Crippen molar-refractivity contribution < 1.29 is 46.0 Å². The van der Waals surface area contributed by atoms with Gasteiger partial charge in [0.15, 0.2) is 0 Å². The van der Waals surface area contributed by atoms with E-state index in [1.807, 2.05) is 18.2 Å². The summed E-state index contributed by atoms with van der Waals surface area (Å²) in [6.07, 6.45) is 2.32. The van der Waals surface area contributed by atoms with Crippen LogP contribution in [-0.2, 0) is 45.7 Å². The number of sulfonamides is 2. The summed E-state index contributed by atoms with van der Waals surface area (Å²) in [6, 6.07) is 23.9. The molecule has 0 aliphatic rings. The topological polar surface area (TPSA) is 225 Å². The number of aryl methyl sites for hydroxylation is 8. The van der Waals surface area contributed by atoms with Gasteiger partial charge in [-0.05, 0) is 123 Å². The normalized spacial score (nSPS) is 11.9. The van der Waals surface area contributed by atoms with E-state index < -0.39 is 34.3 Å². The van der Waals surface area contributed by atoms with Gasteiger partial charge < -0.3 is 29.1 Å². The van der Waals surface area contributed by atoms with Crippen molar-refractivity contribution in [1.29, 1.82) is 0 Å². The van der Waals surface area contributed by atoms with Crippen LogP contribution in [0, 0.1) is 27.7 Å². The van der Waals surface area contributed by atoms with Crippen LogP contribution in [0.5, 0.6) is 0 Å². The molecule has 18 heteroatoms. The first-order valence-electron chi connectivity index (χ1n) is 19.6. The molecule has 0 bridgehead atoms. The molecule has 0 unspecified atom stereocenters. The number of hydrogen-bond acceptors (Lipinski definition) is 12. The highest BCUT2D eigenvalue weighted by atomic mass is 32.2. The van der Waals surface area contributed by atoms with E-state index in [0.29, 0.717) is 92.9 Å². The van der Waals surface area contributed by atoms with Gasteiger partial charge in [0, 0.05) is 24.2 Å². The van der Waals surface area contributed by atoms with Crippen LogP contribution < -0.4 is 20.4 Å². The first-order chi connectivity index (χ1) is 28.5. The van der Waals surface area contributed by atoms with Crippen molar-refractivity contribution in [2.75, 3.05) is 13.1 Å². The summed E-state index contributed by atoms with van der Waals surface area (Å²) in [5.41, 5.74) is 7.20. The molecule has 6 aromatic rings. The van der Waals surface area contributed by atoms with Crippen LogP contribution in [0.1, 0.15) is 58.0 Å². The van der Waals surface area contributed by atoms with Gasteiger partial charge in [-0.3, -0.25) is 0 Å². The van der Waals surface area contributed by atoms with Crippen LogP contribution in [0.4, 0.5) is 0 Å². The minimum absolute atomic E-state index is 0.0433. The molecule has 6 rings (SSSR count). The Morgan fingerprint density at radius 2 is 1.02 bits per heavy atom. The lowest BCUT2D eigenvalue weighted by molar-refractivity contribution is 0.393. The molecule has 0 saturated carbocycles. The summed E-state index contributed by atoms with van der Waals surface area (Å²) in [6.45, 7) is 7.31. The zero-order chi connectivity index (χ0) is 43.2. The van der Waals surface area contributed by atoms with Crippen molar-refractivity contribution in [1.82, 2.24) is 19.8 Å². The molecule has 0 spiro atoms. The van der Waals surface area contributed by atoms with Gasteiger partial charge in [0.2, 0.25) is 20.0 Å². The lowest BCUT2D eigenvalue weighted by atomic mass is 9.79. The van der Waals surface area contributed by atoms with Gasteiger partial charge in [-0.15, -0.1) is 0 Å². The fourth-order valence-corrected chi connectivity index (χ4v) is 10.0. The van der Waals surface area contributed by atoms with Gasteiger partial charge in [0.05, 0.1) is 21.2 Å². The third-order valence-electron chi connectivity index (χ3n) is 10.4. The minimum atomic E-state index is -4.09. The number of nitrogens with zero attached hydrogens (tertiary/aromatic N) is 2. The third-order valence-corrected chi connectivity index (χ3v) is 13.5. The first-order valence-corrected chi connectivity index (χ1v) is 22.5. The molecular weight excluding hydrogens is 806 g/mol. The summed E-state index contributed by atoms with van der Waals surface area (Å²) >= 11 is 0. The van der Waals surface area contributed by atoms with Crippen LogP contribution in [0.25, 0.3) is 22.3 Å². The zero-order valence-corrected chi connectivity index (χ0v) is 35.5. The molecule has 0 aliphatic carbocycles. The Morgan fingerprint density at radius 1 is 0.550 bits per heavy atom. The van der Waals surface area contributed by atoms with Crippen molar-refractivity contribution in [3.63, 3.8) is 0 Å². The van der Waals surface area contributed by atoms with E-state index in [2.05, 4.69) is 19.8 Å². The molecule has 6 N–H and O–H groups in total. The molecule has 4 aromatic carbocycles. The highest BCUT2D eigenvalue weighted by Gasteiger charge is 2.25. The molecule has 14 nitrogen and oxygen atoms in total. The number of nitrogens with one attached hydrogen (secondary N) is 2. The van der Waals surface area contributed by atoms with Crippen LogP contribution in [0.15, 0.2) is 104 Å². The average molecular weight is 855 g/mol. The second kappa shape index (κ2) is 19.2. The van der Waals surface area contributed by atoms with E-state index in [9.17, 15) is 36.9 Å². The molecule has 60 heavy (non-hydrogen) atoms. The summed E-state index contributed by atoms with van der Waals surface area (Å²) in [4.78, 5) is 0.0933. The van der Waals surface area contributed by atoms with Gasteiger partial charge in [0.1, 0.15) is 11.5 Å². The molecule has 0 fully saturated rings. The molecule has 0 radical (unpaired) electrons. The van der Waals surface area contributed by atoms with Crippen molar-refractivity contribution in [3.8, 4) is 22.3 Å². The Balaban J connectivity index is 1.26. The van der Waals surface area contributed by atoms with E-state index in [4.69, 9.17) is 9.05 Å². The predicted octanol–water partition coefficient (Wildman–Crippen LogP) is 3.20. The van der Waals surface area contributed by atoms with E-state index >= 15 is 0 Å². The number of hydrogen-bond donors (Lipinski definition) is 6. The molecule has 314 valence electrons. The van der Waals surface area contributed by atoms with E-state index in [-0.39, 0.29) is 35.7 Å². The van der Waals surface area contributed by atoms with Gasteiger partial charge in [0.25, 0.3) is 0 Å². The smallest absolute Gasteiger partial charge is 0.423 e. The number of rotatable bonds is 19. The van der Waals surface area contributed by atoms with Crippen molar-refractivity contribution >= 4 is 45.2 Å². The fourth-order valence-electron chi connectivity index (χ4n) is 7.31. The Bertz CT molecular complexity index is 2630. The zero-order valence-electron chi connectivity index (χ0n) is 33.8. The molecule has 2 heterocycles. The van der Waals surface area contributed by atoms with Crippen molar-refractivity contribution in [2.24, 2.45) is 0 Å². The van der Waals surface area contributed by atoms with Gasteiger partial charge in [-0.1, -0.05) is 83.1 Å². The van der Waals surface area contributed by atoms with Gasteiger partial charge in [-0.2, -0.15) is 0 Å². The molecule has 0 amide bonds. The maximum absolute atomic E-state index is 14.1. The van der Waals surface area contributed by atoms with Crippen molar-refractivity contribution in [2.45, 2.75) is 76.0 Å². The highest BCUT2D eigenvalue weighted by Crippen LogP contribution is 2.33. The predicted molar refractivity (Wildman–Crippen MR) is 230 cm³/mol. The van der Waals surface area contributed by atoms with Gasteiger partial charge >= 0.3 is 14.2 Å². The average Bonchev–Trinajstić information content (AvgIpc) is 3.75. The van der Waals surface area contributed by atoms with E-state index in [1.165, 1.54) is 0 Å². The standard InChI is InChI=1S/C42H48B2N4O10S2/c1-27-41(29(3)57-47-27)35-18-16-33(39(25-35)59(53,54)45-22-6-9-31-12-20-37(21-13-31)43(49)50)14-15-34-17-19-36(42-28(2)48-58-30(42)4)26-40(34)60(55,56)46-23-7-10-32-8-5-11-38(24-32)44(51)52/h5,8,11-13,16-21,24-26,45-46,49-52H,6-7,9-10,14-15,22-23H2,1-4H3. The monoisotopic (exact) mass is 854 g/mol. The Morgan fingerprint density at radius 3 is 1.45 bits per heavy atom. The van der Waals surface area contributed by atoms with E-state index in [0.717, 1.165) is 11.1 Å². The lowest BCUT2D eigenvalue weighted by Crippen LogP contribution is -2.30. The first kappa shape index (κ1) is 44.6. The van der Waals surface area contributed by atoms with Gasteiger partial charge in [-0.25, -0.2) is 26.3 Å². The highest BCUT2D eigenvalue weighted by molar-refractivity contribution is 7.89. The van der Waals surface area contributed by atoms with Crippen LogP contribution in [0.2, 0.25) is 0 Å². The second-order valence-corrected chi connectivity index (χ2v) is 18.3. The van der Waals surface area contributed by atoms with Crippen molar-refractivity contribution in [3.05, 3.63) is 130 Å². The fraction of sp³-hybridized carbons (Fsp3) is 0.286. The maximum Gasteiger partial charge on any atom is 0.488 e. The molecule has 2 aromatic heterocycles. The summed E-state index contributed by atoms with van der Waals surface area (Å²) in [5.74, 6) is 1.07. The van der Waals surface area contributed by atoms with Crippen LogP contribution in [-0.4, -0.2) is 74.6 Å². The molecular formula is C42H48B2N4O10S2. The molecule has 0 saturated heterocycles. The Hall–Kier alpha value is -4.91. The Labute approximate surface area is 351 Å².